The first kappa shape index (κ1) is 10.2. The van der Waals surface area contributed by atoms with Crippen LogP contribution in [0, 0.1) is 6.92 Å². The summed E-state index contributed by atoms with van der Waals surface area (Å²) in [5, 5.41) is 1.26. The fourth-order valence-corrected chi connectivity index (χ4v) is 2.25. The summed E-state index contributed by atoms with van der Waals surface area (Å²) in [6.07, 6.45) is 2.06. The van der Waals surface area contributed by atoms with Gasteiger partial charge >= 0.3 is 0 Å². The van der Waals surface area contributed by atoms with Crippen molar-refractivity contribution >= 4 is 10.9 Å². The smallest absolute Gasteiger partial charge is 0.0457 e. The molecule has 0 saturated heterocycles. The molecule has 1 heterocycles. The molecule has 0 aliphatic heterocycles. The van der Waals surface area contributed by atoms with Crippen molar-refractivity contribution in [3.05, 3.63) is 78.8 Å². The van der Waals surface area contributed by atoms with Crippen molar-refractivity contribution in [2.24, 2.45) is 0 Å². The zero-order valence-electron chi connectivity index (χ0n) is 9.56. The first-order valence-corrected chi connectivity index (χ1v) is 5.80. The quantitative estimate of drug-likeness (QED) is 0.668. The van der Waals surface area contributed by atoms with Crippen LogP contribution in [0.3, 0.4) is 0 Å². The van der Waals surface area contributed by atoms with Crippen LogP contribution in [0.5, 0.6) is 0 Å². The number of benzene rings is 2. The number of hydrogen-bond acceptors (Lipinski definition) is 0. The number of H-pyrrole nitrogens is 1. The summed E-state index contributed by atoms with van der Waals surface area (Å²) in [5.41, 5.74) is 3.68. The van der Waals surface area contributed by atoms with Gasteiger partial charge in [0.2, 0.25) is 0 Å². The van der Waals surface area contributed by atoms with E-state index in [1.165, 1.54) is 22.0 Å². The van der Waals surface area contributed by atoms with Gasteiger partial charge in [-0.1, -0.05) is 48.5 Å². The molecule has 1 N–H and O–H groups in total. The highest BCUT2D eigenvalue weighted by Crippen LogP contribution is 2.29. The number of nitrogens with one attached hydrogen (secondary N) is 1. The highest BCUT2D eigenvalue weighted by atomic mass is 14.7. The summed E-state index contributed by atoms with van der Waals surface area (Å²) >= 11 is 0. The van der Waals surface area contributed by atoms with Crippen molar-refractivity contribution in [3.8, 4) is 0 Å². The summed E-state index contributed by atoms with van der Waals surface area (Å²) in [4.78, 5) is 3.30. The molecule has 1 radical (unpaired) electrons. The number of para-hydroxylation sites is 1. The molecule has 3 rings (SSSR count). The monoisotopic (exact) mass is 220 g/mol. The van der Waals surface area contributed by atoms with E-state index < -0.39 is 0 Å². The number of aromatic amines is 1. The topological polar surface area (TPSA) is 15.8 Å². The van der Waals surface area contributed by atoms with Gasteiger partial charge in [0.25, 0.3) is 0 Å². The number of rotatable bonds is 2. The second-order valence-electron chi connectivity index (χ2n) is 4.25. The fourth-order valence-electron chi connectivity index (χ4n) is 2.25. The van der Waals surface area contributed by atoms with Crippen LogP contribution >= 0.6 is 0 Å². The van der Waals surface area contributed by atoms with E-state index in [2.05, 4.69) is 60.6 Å². The van der Waals surface area contributed by atoms with Crippen LogP contribution in [0.1, 0.15) is 17.0 Å². The van der Waals surface area contributed by atoms with Crippen molar-refractivity contribution in [2.75, 3.05) is 0 Å². The Hall–Kier alpha value is -2.02. The van der Waals surface area contributed by atoms with Crippen molar-refractivity contribution < 1.29 is 0 Å². The van der Waals surface area contributed by atoms with Crippen LogP contribution < -0.4 is 0 Å². The second kappa shape index (κ2) is 4.10. The Morgan fingerprint density at radius 3 is 2.41 bits per heavy atom. The van der Waals surface area contributed by atoms with Crippen molar-refractivity contribution in [1.82, 2.24) is 4.98 Å². The predicted octanol–water partition coefficient (Wildman–Crippen LogP) is 4.13. The Morgan fingerprint density at radius 1 is 0.882 bits per heavy atom. The Bertz CT molecular complexity index is 622. The van der Waals surface area contributed by atoms with Gasteiger partial charge in [-0.2, -0.15) is 0 Å². The highest BCUT2D eigenvalue weighted by Gasteiger charge is 2.12. The van der Waals surface area contributed by atoms with Crippen LogP contribution in [0.25, 0.3) is 10.9 Å². The van der Waals surface area contributed by atoms with Crippen LogP contribution in [0.15, 0.2) is 60.8 Å². The molecule has 1 unspecified atom stereocenters. The molecule has 0 saturated carbocycles. The third-order valence-corrected chi connectivity index (χ3v) is 3.20. The van der Waals surface area contributed by atoms with E-state index in [0.29, 0.717) is 0 Å². The Labute approximate surface area is 101 Å². The average Bonchev–Trinajstić information content (AvgIpc) is 2.83. The standard InChI is InChI=1S/C16H14N/c1-12(13-7-3-2-4-8-13)15-11-17-16-10-6-5-9-14(15)16/h2-12,17H,1H2. The Morgan fingerprint density at radius 2 is 1.59 bits per heavy atom. The average molecular weight is 220 g/mol. The van der Waals surface area contributed by atoms with Gasteiger partial charge in [0.1, 0.15) is 0 Å². The van der Waals surface area contributed by atoms with E-state index in [0.717, 1.165) is 0 Å². The van der Waals surface area contributed by atoms with Gasteiger partial charge in [-0.15, -0.1) is 0 Å². The zero-order valence-corrected chi connectivity index (χ0v) is 9.56. The maximum atomic E-state index is 4.28. The minimum atomic E-state index is 0.173. The lowest BCUT2D eigenvalue weighted by Gasteiger charge is -2.10. The maximum Gasteiger partial charge on any atom is 0.0457 e. The van der Waals surface area contributed by atoms with Crippen LogP contribution in [0.2, 0.25) is 0 Å². The van der Waals surface area contributed by atoms with Gasteiger partial charge in [-0.05, 0) is 24.1 Å². The number of hydrogen-bond donors (Lipinski definition) is 1. The third-order valence-electron chi connectivity index (χ3n) is 3.20. The largest absolute Gasteiger partial charge is 0.361 e. The van der Waals surface area contributed by atoms with Crippen molar-refractivity contribution in [2.45, 2.75) is 5.92 Å². The van der Waals surface area contributed by atoms with Gasteiger partial charge in [0.15, 0.2) is 0 Å². The minimum absolute atomic E-state index is 0.173. The molecule has 1 aromatic heterocycles. The van der Waals surface area contributed by atoms with Crippen LogP contribution in [-0.4, -0.2) is 4.98 Å². The van der Waals surface area contributed by atoms with Gasteiger partial charge in [0.05, 0.1) is 0 Å². The molecule has 0 amide bonds. The summed E-state index contributed by atoms with van der Waals surface area (Å²) in [5.74, 6) is 0.173. The van der Waals surface area contributed by atoms with Crippen molar-refractivity contribution in [3.63, 3.8) is 0 Å². The van der Waals surface area contributed by atoms with E-state index in [1.54, 1.807) is 0 Å². The molecule has 3 aromatic rings. The lowest BCUT2D eigenvalue weighted by atomic mass is 9.93. The minimum Gasteiger partial charge on any atom is -0.361 e. The number of fused-ring (bicyclic) bond motifs is 1. The first-order chi connectivity index (χ1) is 8.36. The van der Waals surface area contributed by atoms with E-state index in [-0.39, 0.29) is 5.92 Å². The van der Waals surface area contributed by atoms with Gasteiger partial charge < -0.3 is 4.98 Å². The summed E-state index contributed by atoms with van der Waals surface area (Å²) < 4.78 is 0. The molecule has 2 aromatic carbocycles. The SMILES string of the molecule is [CH2]C(c1ccccc1)c1c[nH]c2ccccc12. The van der Waals surface area contributed by atoms with Crippen LogP contribution in [-0.2, 0) is 0 Å². The molecule has 1 heteroatoms. The van der Waals surface area contributed by atoms with Gasteiger partial charge in [-0.25, -0.2) is 0 Å². The third kappa shape index (κ3) is 1.74. The van der Waals surface area contributed by atoms with Gasteiger partial charge in [-0.3, -0.25) is 0 Å². The molecule has 0 spiro atoms. The summed E-state index contributed by atoms with van der Waals surface area (Å²) in [6, 6.07) is 18.7. The van der Waals surface area contributed by atoms with E-state index in [1.807, 2.05) is 12.1 Å². The molecule has 0 bridgehead atoms. The number of aromatic nitrogens is 1. The van der Waals surface area contributed by atoms with E-state index >= 15 is 0 Å². The molecular weight excluding hydrogens is 206 g/mol. The maximum absolute atomic E-state index is 4.28. The Balaban J connectivity index is 2.10. The molecule has 17 heavy (non-hydrogen) atoms. The second-order valence-corrected chi connectivity index (χ2v) is 4.25. The summed E-state index contributed by atoms with van der Waals surface area (Å²) in [7, 11) is 0. The Kier molecular flexibility index (Phi) is 2.45. The molecule has 1 nitrogen and oxygen atoms in total. The lowest BCUT2D eigenvalue weighted by Crippen LogP contribution is -1.94. The van der Waals surface area contributed by atoms with Crippen molar-refractivity contribution in [1.29, 1.82) is 0 Å². The fraction of sp³-hybridized carbons (Fsp3) is 0.0625. The van der Waals surface area contributed by atoms with Crippen LogP contribution in [0.4, 0.5) is 0 Å². The van der Waals surface area contributed by atoms with E-state index in [9.17, 15) is 0 Å². The summed E-state index contributed by atoms with van der Waals surface area (Å²) in [6.45, 7) is 4.28. The first-order valence-electron chi connectivity index (χ1n) is 5.80. The molecule has 0 fully saturated rings. The molecule has 0 aliphatic carbocycles. The molecule has 83 valence electrons. The normalized spacial score (nSPS) is 12.8. The van der Waals surface area contributed by atoms with Gasteiger partial charge in [0, 0.05) is 23.0 Å². The lowest BCUT2D eigenvalue weighted by molar-refractivity contribution is 1.04. The molecular formula is C16H14N. The highest BCUT2D eigenvalue weighted by molar-refractivity contribution is 5.84. The predicted molar refractivity (Wildman–Crippen MR) is 71.9 cm³/mol. The zero-order chi connectivity index (χ0) is 11.7. The van der Waals surface area contributed by atoms with E-state index in [4.69, 9.17) is 0 Å². The molecule has 1 atom stereocenters. The molecule has 0 aliphatic rings.